The molecule has 0 spiro atoms. The van der Waals surface area contributed by atoms with Gasteiger partial charge in [-0.1, -0.05) is 0 Å². The SMILES string of the molecule is O=C1CNCN1CC1CCSCC1. The Morgan fingerprint density at radius 3 is 2.85 bits per heavy atom. The maximum atomic E-state index is 11.3. The molecule has 0 aliphatic carbocycles. The lowest BCUT2D eigenvalue weighted by molar-refractivity contribution is -0.127. The highest BCUT2D eigenvalue weighted by molar-refractivity contribution is 7.99. The monoisotopic (exact) mass is 200 g/mol. The van der Waals surface area contributed by atoms with Crippen molar-refractivity contribution in [3.63, 3.8) is 0 Å². The van der Waals surface area contributed by atoms with Crippen molar-refractivity contribution >= 4 is 17.7 Å². The van der Waals surface area contributed by atoms with E-state index >= 15 is 0 Å². The first kappa shape index (κ1) is 9.34. The first-order valence-corrected chi connectivity index (χ1v) is 6.08. The van der Waals surface area contributed by atoms with E-state index in [9.17, 15) is 4.79 Å². The van der Waals surface area contributed by atoms with Gasteiger partial charge in [0.2, 0.25) is 5.91 Å². The van der Waals surface area contributed by atoms with Crippen molar-refractivity contribution in [2.45, 2.75) is 12.8 Å². The van der Waals surface area contributed by atoms with Crippen molar-refractivity contribution in [1.82, 2.24) is 10.2 Å². The van der Waals surface area contributed by atoms with Gasteiger partial charge in [0.15, 0.2) is 0 Å². The number of rotatable bonds is 2. The molecule has 0 aromatic carbocycles. The van der Waals surface area contributed by atoms with E-state index in [2.05, 4.69) is 5.32 Å². The topological polar surface area (TPSA) is 32.3 Å². The zero-order valence-electron chi connectivity index (χ0n) is 7.79. The van der Waals surface area contributed by atoms with Gasteiger partial charge in [0.25, 0.3) is 0 Å². The second kappa shape index (κ2) is 4.33. The quantitative estimate of drug-likeness (QED) is 0.705. The molecule has 0 radical (unpaired) electrons. The Balaban J connectivity index is 1.79. The third kappa shape index (κ3) is 2.38. The lowest BCUT2D eigenvalue weighted by Crippen LogP contribution is -2.33. The minimum atomic E-state index is 0.276. The summed E-state index contributed by atoms with van der Waals surface area (Å²) in [6.07, 6.45) is 2.57. The summed E-state index contributed by atoms with van der Waals surface area (Å²) in [6, 6.07) is 0. The second-order valence-electron chi connectivity index (χ2n) is 3.76. The molecule has 1 amide bonds. The normalized spacial score (nSPS) is 25.5. The number of thioether (sulfide) groups is 1. The van der Waals surface area contributed by atoms with Crippen LogP contribution in [0.2, 0.25) is 0 Å². The maximum absolute atomic E-state index is 11.3. The lowest BCUT2D eigenvalue weighted by atomic mass is 10.0. The molecular formula is C9H16N2OS. The second-order valence-corrected chi connectivity index (χ2v) is 4.98. The van der Waals surface area contributed by atoms with Gasteiger partial charge in [-0.05, 0) is 30.3 Å². The van der Waals surface area contributed by atoms with E-state index in [1.165, 1.54) is 24.3 Å². The summed E-state index contributed by atoms with van der Waals surface area (Å²) in [6.45, 7) is 2.29. The number of nitrogens with one attached hydrogen (secondary N) is 1. The molecule has 13 heavy (non-hydrogen) atoms. The first-order valence-electron chi connectivity index (χ1n) is 4.92. The molecule has 0 saturated carbocycles. The third-order valence-electron chi connectivity index (χ3n) is 2.75. The molecule has 0 aromatic heterocycles. The standard InChI is InChI=1S/C9H16N2OS/c12-9-5-10-7-11(9)6-8-1-3-13-4-2-8/h8,10H,1-7H2. The van der Waals surface area contributed by atoms with Crippen molar-refractivity contribution < 1.29 is 4.79 Å². The zero-order chi connectivity index (χ0) is 9.10. The summed E-state index contributed by atoms with van der Waals surface area (Å²) < 4.78 is 0. The van der Waals surface area contributed by atoms with E-state index in [1.807, 2.05) is 16.7 Å². The molecular weight excluding hydrogens is 184 g/mol. The summed E-state index contributed by atoms with van der Waals surface area (Å²) in [4.78, 5) is 13.3. The molecule has 2 saturated heterocycles. The van der Waals surface area contributed by atoms with Crippen LogP contribution in [0.15, 0.2) is 0 Å². The highest BCUT2D eigenvalue weighted by Gasteiger charge is 2.23. The predicted octanol–water partition coefficient (Wildman–Crippen LogP) is 0.519. The molecule has 2 aliphatic heterocycles. The summed E-state index contributed by atoms with van der Waals surface area (Å²) >= 11 is 2.04. The molecule has 0 bridgehead atoms. The van der Waals surface area contributed by atoms with Gasteiger partial charge in [-0.3, -0.25) is 10.1 Å². The van der Waals surface area contributed by atoms with Crippen molar-refractivity contribution in [1.29, 1.82) is 0 Å². The first-order chi connectivity index (χ1) is 6.36. The lowest BCUT2D eigenvalue weighted by Gasteiger charge is -2.25. The fraction of sp³-hybridized carbons (Fsp3) is 0.889. The van der Waals surface area contributed by atoms with Gasteiger partial charge in [0, 0.05) is 6.54 Å². The summed E-state index contributed by atoms with van der Waals surface area (Å²) in [7, 11) is 0. The van der Waals surface area contributed by atoms with Crippen LogP contribution in [-0.4, -0.2) is 42.1 Å². The molecule has 0 aromatic rings. The van der Waals surface area contributed by atoms with Crippen LogP contribution in [0.5, 0.6) is 0 Å². The molecule has 0 unspecified atom stereocenters. The van der Waals surface area contributed by atoms with Gasteiger partial charge in [-0.15, -0.1) is 0 Å². The Bertz CT molecular complexity index is 192. The van der Waals surface area contributed by atoms with Gasteiger partial charge in [-0.2, -0.15) is 11.8 Å². The zero-order valence-corrected chi connectivity index (χ0v) is 8.61. The van der Waals surface area contributed by atoms with Gasteiger partial charge >= 0.3 is 0 Å². The van der Waals surface area contributed by atoms with Crippen LogP contribution in [0, 0.1) is 5.92 Å². The number of carbonyl (C=O) groups is 1. The number of carbonyl (C=O) groups excluding carboxylic acids is 1. The van der Waals surface area contributed by atoms with Crippen molar-refractivity contribution in [3.8, 4) is 0 Å². The fourth-order valence-electron chi connectivity index (χ4n) is 1.90. The third-order valence-corrected chi connectivity index (χ3v) is 3.80. The summed E-state index contributed by atoms with van der Waals surface area (Å²) in [5, 5.41) is 3.08. The van der Waals surface area contributed by atoms with E-state index in [4.69, 9.17) is 0 Å². The Hall–Kier alpha value is -0.220. The summed E-state index contributed by atoms with van der Waals surface area (Å²) in [5.41, 5.74) is 0. The van der Waals surface area contributed by atoms with E-state index in [-0.39, 0.29) is 5.91 Å². The van der Waals surface area contributed by atoms with Crippen LogP contribution in [0.1, 0.15) is 12.8 Å². The largest absolute Gasteiger partial charge is 0.329 e. The number of hydrogen-bond acceptors (Lipinski definition) is 3. The molecule has 74 valence electrons. The minimum Gasteiger partial charge on any atom is -0.329 e. The molecule has 2 aliphatic rings. The van der Waals surface area contributed by atoms with Crippen LogP contribution in [-0.2, 0) is 4.79 Å². The average molecular weight is 200 g/mol. The highest BCUT2D eigenvalue weighted by Crippen LogP contribution is 2.23. The Labute approximate surface area is 83.2 Å². The van der Waals surface area contributed by atoms with Gasteiger partial charge in [0.05, 0.1) is 13.2 Å². The van der Waals surface area contributed by atoms with Crippen LogP contribution < -0.4 is 5.32 Å². The summed E-state index contributed by atoms with van der Waals surface area (Å²) in [5.74, 6) is 3.59. The van der Waals surface area contributed by atoms with E-state index < -0.39 is 0 Å². The maximum Gasteiger partial charge on any atom is 0.237 e. The van der Waals surface area contributed by atoms with Gasteiger partial charge < -0.3 is 4.90 Å². The van der Waals surface area contributed by atoms with E-state index in [0.717, 1.165) is 19.1 Å². The molecule has 1 N–H and O–H groups in total. The number of amides is 1. The van der Waals surface area contributed by atoms with Crippen molar-refractivity contribution in [2.24, 2.45) is 5.92 Å². The van der Waals surface area contributed by atoms with E-state index in [1.54, 1.807) is 0 Å². The predicted molar refractivity (Wildman–Crippen MR) is 54.6 cm³/mol. The highest BCUT2D eigenvalue weighted by atomic mass is 32.2. The smallest absolute Gasteiger partial charge is 0.237 e. The Morgan fingerprint density at radius 1 is 1.46 bits per heavy atom. The number of hydrogen-bond donors (Lipinski definition) is 1. The minimum absolute atomic E-state index is 0.276. The van der Waals surface area contributed by atoms with Crippen molar-refractivity contribution in [2.75, 3.05) is 31.3 Å². The van der Waals surface area contributed by atoms with E-state index in [0.29, 0.717) is 6.54 Å². The average Bonchev–Trinajstić information content (AvgIpc) is 2.54. The number of nitrogens with zero attached hydrogens (tertiary/aromatic N) is 1. The molecule has 2 rings (SSSR count). The van der Waals surface area contributed by atoms with Gasteiger partial charge in [0.1, 0.15) is 0 Å². The fourth-order valence-corrected chi connectivity index (χ4v) is 3.11. The molecule has 3 nitrogen and oxygen atoms in total. The Morgan fingerprint density at radius 2 is 2.23 bits per heavy atom. The molecule has 2 heterocycles. The Kier molecular flexibility index (Phi) is 3.11. The van der Waals surface area contributed by atoms with Gasteiger partial charge in [-0.25, -0.2) is 0 Å². The van der Waals surface area contributed by atoms with Crippen LogP contribution in [0.4, 0.5) is 0 Å². The molecule has 0 atom stereocenters. The molecule has 4 heteroatoms. The van der Waals surface area contributed by atoms with Crippen molar-refractivity contribution in [3.05, 3.63) is 0 Å². The van der Waals surface area contributed by atoms with Crippen LogP contribution in [0.3, 0.4) is 0 Å². The molecule has 2 fully saturated rings. The van der Waals surface area contributed by atoms with Crippen LogP contribution >= 0.6 is 11.8 Å². The van der Waals surface area contributed by atoms with Crippen LogP contribution in [0.25, 0.3) is 0 Å².